The van der Waals surface area contributed by atoms with Gasteiger partial charge in [-0.2, -0.15) is 0 Å². The number of hydrogen-bond acceptors (Lipinski definition) is 4. The molecule has 2 aromatic rings. The summed E-state index contributed by atoms with van der Waals surface area (Å²) in [6, 6.07) is 6.79. The van der Waals surface area contributed by atoms with Gasteiger partial charge in [0.15, 0.2) is 0 Å². The highest BCUT2D eigenvalue weighted by Gasteiger charge is 2.23. The first kappa shape index (κ1) is 16.5. The van der Waals surface area contributed by atoms with Crippen molar-refractivity contribution < 1.29 is 14.8 Å². The molecule has 2 N–H and O–H groups in total. The van der Waals surface area contributed by atoms with Crippen LogP contribution in [0.25, 0.3) is 0 Å². The van der Waals surface area contributed by atoms with Crippen LogP contribution in [-0.2, 0) is 0 Å². The van der Waals surface area contributed by atoms with E-state index < -0.39 is 22.3 Å². The number of carbonyl (C=O) groups is 1. The Labute approximate surface area is 142 Å². The SMILES string of the molecule is O=C(Nc1ccc(Cl)cc1Cl)c1cc(Br)cc([N+](=O)[O-])c1O. The lowest BCUT2D eigenvalue weighted by molar-refractivity contribution is -0.386. The van der Waals surface area contributed by atoms with E-state index in [1.807, 2.05) is 0 Å². The molecule has 0 aliphatic rings. The van der Waals surface area contributed by atoms with Gasteiger partial charge in [0.2, 0.25) is 5.75 Å². The van der Waals surface area contributed by atoms with E-state index in [9.17, 15) is 20.0 Å². The summed E-state index contributed by atoms with van der Waals surface area (Å²) in [6.07, 6.45) is 0. The number of hydrogen-bond donors (Lipinski definition) is 2. The molecule has 2 rings (SSSR count). The topological polar surface area (TPSA) is 92.5 Å². The van der Waals surface area contributed by atoms with Crippen LogP contribution < -0.4 is 5.32 Å². The van der Waals surface area contributed by atoms with E-state index in [2.05, 4.69) is 21.2 Å². The Kier molecular flexibility index (Phi) is 4.90. The fraction of sp³-hybridized carbons (Fsp3) is 0. The van der Waals surface area contributed by atoms with Crippen molar-refractivity contribution in [3.05, 3.63) is 60.5 Å². The number of amides is 1. The molecule has 0 unspecified atom stereocenters. The van der Waals surface area contributed by atoms with Crippen LogP contribution in [0.2, 0.25) is 10.0 Å². The van der Waals surface area contributed by atoms with Crippen LogP contribution in [0.1, 0.15) is 10.4 Å². The van der Waals surface area contributed by atoms with E-state index in [0.717, 1.165) is 6.07 Å². The van der Waals surface area contributed by atoms with Gasteiger partial charge in [-0.1, -0.05) is 39.1 Å². The Hall–Kier alpha value is -1.83. The smallest absolute Gasteiger partial charge is 0.312 e. The van der Waals surface area contributed by atoms with E-state index in [4.69, 9.17) is 23.2 Å². The molecule has 1 amide bonds. The van der Waals surface area contributed by atoms with Crippen molar-refractivity contribution in [2.24, 2.45) is 0 Å². The second-order valence-corrected chi connectivity index (χ2v) is 5.92. The summed E-state index contributed by atoms with van der Waals surface area (Å²) in [5.41, 5.74) is -0.577. The average molecular weight is 406 g/mol. The van der Waals surface area contributed by atoms with Crippen molar-refractivity contribution in [1.82, 2.24) is 0 Å². The minimum Gasteiger partial charge on any atom is -0.502 e. The molecule has 22 heavy (non-hydrogen) atoms. The molecule has 2 aromatic carbocycles. The molecular formula is C13H7BrCl2N2O4. The number of nitro groups is 1. The molecule has 0 bridgehead atoms. The Bertz CT molecular complexity index is 783. The molecule has 0 saturated heterocycles. The molecule has 0 heterocycles. The maximum atomic E-state index is 12.2. The van der Waals surface area contributed by atoms with Crippen molar-refractivity contribution in [2.45, 2.75) is 0 Å². The number of carbonyl (C=O) groups excluding carboxylic acids is 1. The van der Waals surface area contributed by atoms with E-state index in [0.29, 0.717) is 5.02 Å². The summed E-state index contributed by atoms with van der Waals surface area (Å²) in [5, 5.41) is 23.8. The summed E-state index contributed by atoms with van der Waals surface area (Å²) in [7, 11) is 0. The van der Waals surface area contributed by atoms with Gasteiger partial charge >= 0.3 is 5.69 Å². The molecule has 6 nitrogen and oxygen atoms in total. The number of nitro benzene ring substituents is 1. The zero-order chi connectivity index (χ0) is 16.4. The number of nitrogens with zero attached hydrogens (tertiary/aromatic N) is 1. The van der Waals surface area contributed by atoms with Gasteiger partial charge in [0.1, 0.15) is 0 Å². The van der Waals surface area contributed by atoms with Gasteiger partial charge in [0.05, 0.1) is 21.2 Å². The Morgan fingerprint density at radius 1 is 1.27 bits per heavy atom. The van der Waals surface area contributed by atoms with E-state index >= 15 is 0 Å². The van der Waals surface area contributed by atoms with Crippen molar-refractivity contribution in [3.8, 4) is 5.75 Å². The number of anilines is 1. The number of rotatable bonds is 3. The summed E-state index contributed by atoms with van der Waals surface area (Å²) >= 11 is 14.7. The van der Waals surface area contributed by atoms with Crippen LogP contribution in [0.4, 0.5) is 11.4 Å². The fourth-order valence-electron chi connectivity index (χ4n) is 1.68. The molecule has 0 aliphatic heterocycles. The van der Waals surface area contributed by atoms with Gasteiger partial charge in [-0.05, 0) is 24.3 Å². The lowest BCUT2D eigenvalue weighted by Gasteiger charge is -2.09. The summed E-state index contributed by atoms with van der Waals surface area (Å²) in [4.78, 5) is 22.3. The quantitative estimate of drug-likeness (QED) is 0.575. The van der Waals surface area contributed by atoms with Gasteiger partial charge in [0.25, 0.3) is 5.91 Å². The molecule has 0 spiro atoms. The van der Waals surface area contributed by atoms with Crippen LogP contribution >= 0.6 is 39.1 Å². The number of phenolic OH excluding ortho intramolecular Hbond substituents is 1. The second kappa shape index (κ2) is 6.51. The minimum atomic E-state index is -0.786. The first-order chi connectivity index (χ1) is 10.3. The van der Waals surface area contributed by atoms with Gasteiger partial charge in [-0.15, -0.1) is 0 Å². The van der Waals surface area contributed by atoms with E-state index in [1.165, 1.54) is 24.3 Å². The maximum Gasteiger partial charge on any atom is 0.312 e. The minimum absolute atomic E-state index is 0.199. The van der Waals surface area contributed by atoms with Crippen LogP contribution in [0.3, 0.4) is 0 Å². The third-order valence-corrected chi connectivity index (χ3v) is 3.68. The van der Waals surface area contributed by atoms with E-state index in [1.54, 1.807) is 0 Å². The number of nitrogens with one attached hydrogen (secondary N) is 1. The van der Waals surface area contributed by atoms with Crippen molar-refractivity contribution >= 4 is 56.4 Å². The highest BCUT2D eigenvalue weighted by molar-refractivity contribution is 9.10. The number of phenols is 1. The molecule has 0 aliphatic carbocycles. The first-order valence-electron chi connectivity index (χ1n) is 5.73. The highest BCUT2D eigenvalue weighted by atomic mass is 79.9. The predicted octanol–water partition coefficient (Wildman–Crippen LogP) is 4.62. The Morgan fingerprint density at radius 2 is 1.95 bits per heavy atom. The lowest BCUT2D eigenvalue weighted by atomic mass is 10.1. The van der Waals surface area contributed by atoms with Crippen LogP contribution in [-0.4, -0.2) is 15.9 Å². The van der Waals surface area contributed by atoms with Crippen LogP contribution in [0, 0.1) is 10.1 Å². The van der Waals surface area contributed by atoms with Gasteiger partial charge in [0, 0.05) is 15.6 Å². The number of benzene rings is 2. The lowest BCUT2D eigenvalue weighted by Crippen LogP contribution is -2.13. The normalized spacial score (nSPS) is 10.3. The average Bonchev–Trinajstić information content (AvgIpc) is 2.43. The summed E-state index contributed by atoms with van der Waals surface area (Å²) < 4.78 is 0.282. The second-order valence-electron chi connectivity index (χ2n) is 4.16. The highest BCUT2D eigenvalue weighted by Crippen LogP contribution is 2.34. The Balaban J connectivity index is 2.39. The fourth-order valence-corrected chi connectivity index (χ4v) is 2.58. The summed E-state index contributed by atoms with van der Waals surface area (Å²) in [5.74, 6) is -1.47. The molecule has 0 radical (unpaired) electrons. The van der Waals surface area contributed by atoms with Crippen molar-refractivity contribution in [3.63, 3.8) is 0 Å². The molecule has 0 fully saturated rings. The Morgan fingerprint density at radius 3 is 2.55 bits per heavy atom. The van der Waals surface area contributed by atoms with Crippen LogP contribution in [0.15, 0.2) is 34.8 Å². The van der Waals surface area contributed by atoms with Crippen molar-refractivity contribution in [2.75, 3.05) is 5.32 Å². The standard InChI is InChI=1S/C13H7BrCl2N2O4/c14-6-3-8(12(19)11(4-6)18(21)22)13(20)17-10-2-1-7(15)5-9(10)16/h1-5,19H,(H,17,20). The molecule has 9 heteroatoms. The number of halogens is 3. The molecule has 0 aromatic heterocycles. The molecule has 0 saturated carbocycles. The largest absolute Gasteiger partial charge is 0.502 e. The maximum absolute atomic E-state index is 12.2. The zero-order valence-corrected chi connectivity index (χ0v) is 13.7. The number of aromatic hydroxyl groups is 1. The van der Waals surface area contributed by atoms with Crippen molar-refractivity contribution in [1.29, 1.82) is 0 Å². The molecular weight excluding hydrogens is 399 g/mol. The van der Waals surface area contributed by atoms with E-state index in [-0.39, 0.29) is 20.7 Å². The predicted molar refractivity (Wildman–Crippen MR) is 86.9 cm³/mol. The summed E-state index contributed by atoms with van der Waals surface area (Å²) in [6.45, 7) is 0. The zero-order valence-electron chi connectivity index (χ0n) is 10.6. The van der Waals surface area contributed by atoms with Crippen LogP contribution in [0.5, 0.6) is 5.75 Å². The van der Waals surface area contributed by atoms with Gasteiger partial charge in [-0.25, -0.2) is 0 Å². The monoisotopic (exact) mass is 404 g/mol. The molecule has 114 valence electrons. The third kappa shape index (κ3) is 3.49. The van der Waals surface area contributed by atoms with Gasteiger partial charge < -0.3 is 10.4 Å². The molecule has 0 atom stereocenters. The van der Waals surface area contributed by atoms with Gasteiger partial charge in [-0.3, -0.25) is 14.9 Å². The third-order valence-electron chi connectivity index (χ3n) is 2.68. The first-order valence-corrected chi connectivity index (χ1v) is 7.28.